The van der Waals surface area contributed by atoms with Crippen molar-refractivity contribution < 1.29 is 27.5 Å². The Bertz CT molecular complexity index is 1160. The minimum atomic E-state index is -3.73. The molecule has 2 heterocycles. The molecule has 0 aliphatic carbocycles. The highest BCUT2D eigenvalue weighted by molar-refractivity contribution is 7.89. The van der Waals surface area contributed by atoms with Crippen LogP contribution in [0.4, 0.5) is 11.4 Å². The molecule has 170 valence electrons. The molecule has 32 heavy (non-hydrogen) atoms. The Balaban J connectivity index is 1.68. The summed E-state index contributed by atoms with van der Waals surface area (Å²) in [7, 11) is -0.849. The number of hydrogen-bond acceptors (Lipinski definition) is 7. The topological polar surface area (TPSA) is 105 Å². The number of nitrogens with one attached hydrogen (secondary N) is 1. The number of amides is 1. The van der Waals surface area contributed by atoms with E-state index < -0.39 is 16.0 Å². The molecule has 2 aliphatic heterocycles. The third-order valence-corrected chi connectivity index (χ3v) is 7.31. The second-order valence-corrected chi connectivity index (χ2v) is 9.97. The average molecular weight is 460 g/mol. The van der Waals surface area contributed by atoms with E-state index >= 15 is 0 Å². The van der Waals surface area contributed by atoms with Gasteiger partial charge >= 0.3 is 5.97 Å². The normalized spacial score (nSPS) is 16.5. The number of esters is 1. The fourth-order valence-electron chi connectivity index (χ4n) is 3.72. The Kier molecular flexibility index (Phi) is 6.18. The highest BCUT2D eigenvalue weighted by atomic mass is 32.2. The van der Waals surface area contributed by atoms with Crippen molar-refractivity contribution in [1.29, 1.82) is 0 Å². The van der Waals surface area contributed by atoms with E-state index in [-0.39, 0.29) is 16.4 Å². The Morgan fingerprint density at radius 1 is 1.09 bits per heavy atom. The van der Waals surface area contributed by atoms with Crippen molar-refractivity contribution >= 4 is 33.3 Å². The number of aryl methyl sites for hydroxylation is 1. The van der Waals surface area contributed by atoms with E-state index in [9.17, 15) is 18.0 Å². The summed E-state index contributed by atoms with van der Waals surface area (Å²) in [5.74, 6) is -0.364. The lowest BCUT2D eigenvalue weighted by Crippen LogP contribution is -2.37. The number of benzene rings is 2. The van der Waals surface area contributed by atoms with Gasteiger partial charge in [0.05, 0.1) is 29.4 Å². The SMILES string of the molecule is CN(C)S(=O)(=O)c1ccc(N2CCOCC2)c(C(=O)Oc2ccc3c(c2)CCC(=O)N3)c1. The molecule has 2 aliphatic rings. The van der Waals surface area contributed by atoms with Gasteiger partial charge in [-0.05, 0) is 48.4 Å². The zero-order valence-electron chi connectivity index (χ0n) is 18.0. The summed E-state index contributed by atoms with van der Waals surface area (Å²) >= 11 is 0. The lowest BCUT2D eigenvalue weighted by Gasteiger charge is -2.30. The van der Waals surface area contributed by atoms with Crippen LogP contribution in [-0.2, 0) is 26.0 Å². The van der Waals surface area contributed by atoms with Crippen molar-refractivity contribution in [3.63, 3.8) is 0 Å². The van der Waals surface area contributed by atoms with Crippen molar-refractivity contribution in [2.24, 2.45) is 0 Å². The Hall–Kier alpha value is -2.95. The highest BCUT2D eigenvalue weighted by Crippen LogP contribution is 2.30. The van der Waals surface area contributed by atoms with Gasteiger partial charge in [0.2, 0.25) is 15.9 Å². The molecule has 10 heteroatoms. The predicted octanol–water partition coefficient (Wildman–Crippen LogP) is 1.88. The fraction of sp³-hybridized carbons (Fsp3) is 0.364. The molecule has 2 aromatic rings. The molecule has 0 unspecified atom stereocenters. The molecule has 1 N–H and O–H groups in total. The van der Waals surface area contributed by atoms with Gasteiger partial charge in [0.25, 0.3) is 0 Å². The van der Waals surface area contributed by atoms with E-state index in [4.69, 9.17) is 9.47 Å². The number of sulfonamides is 1. The average Bonchev–Trinajstić information content (AvgIpc) is 2.79. The first-order valence-electron chi connectivity index (χ1n) is 10.3. The van der Waals surface area contributed by atoms with E-state index in [0.29, 0.717) is 56.3 Å². The third-order valence-electron chi connectivity index (χ3n) is 5.50. The maximum atomic E-state index is 13.2. The quantitative estimate of drug-likeness (QED) is 0.538. The van der Waals surface area contributed by atoms with Crippen LogP contribution in [-0.4, -0.2) is 65.0 Å². The van der Waals surface area contributed by atoms with Gasteiger partial charge in [-0.2, -0.15) is 0 Å². The molecule has 1 saturated heterocycles. The van der Waals surface area contributed by atoms with Crippen molar-refractivity contribution in [3.8, 4) is 5.75 Å². The van der Waals surface area contributed by atoms with E-state index in [1.807, 2.05) is 4.90 Å². The molecule has 2 aromatic carbocycles. The number of anilines is 2. The van der Waals surface area contributed by atoms with Gasteiger partial charge in [-0.1, -0.05) is 0 Å². The van der Waals surface area contributed by atoms with Gasteiger partial charge in [0.1, 0.15) is 5.75 Å². The smallest absolute Gasteiger partial charge is 0.345 e. The van der Waals surface area contributed by atoms with Gasteiger partial charge in [-0.3, -0.25) is 4.79 Å². The predicted molar refractivity (Wildman–Crippen MR) is 119 cm³/mol. The van der Waals surface area contributed by atoms with E-state index in [0.717, 1.165) is 9.87 Å². The number of fused-ring (bicyclic) bond motifs is 1. The first-order chi connectivity index (χ1) is 15.3. The van der Waals surface area contributed by atoms with Crippen LogP contribution in [0.5, 0.6) is 5.75 Å². The second-order valence-electron chi connectivity index (χ2n) is 7.82. The van der Waals surface area contributed by atoms with Gasteiger partial charge < -0.3 is 19.7 Å². The van der Waals surface area contributed by atoms with Crippen molar-refractivity contribution in [2.45, 2.75) is 17.7 Å². The molecule has 1 amide bonds. The minimum Gasteiger partial charge on any atom is -0.423 e. The number of carbonyl (C=O) groups is 2. The number of rotatable bonds is 5. The second kappa shape index (κ2) is 8.89. The Labute approximate surface area is 187 Å². The molecule has 0 spiro atoms. The zero-order chi connectivity index (χ0) is 22.9. The van der Waals surface area contributed by atoms with Crippen LogP contribution in [0.2, 0.25) is 0 Å². The summed E-state index contributed by atoms with van der Waals surface area (Å²) in [6.45, 7) is 2.20. The standard InChI is InChI=1S/C22H25N3O6S/c1-24(2)32(28,29)17-5-7-20(25-9-11-30-12-10-25)18(14-17)22(27)31-16-4-6-19-15(13-16)3-8-21(26)23-19/h4-7,13-14H,3,8-12H2,1-2H3,(H,23,26). The molecular formula is C22H25N3O6S. The van der Waals surface area contributed by atoms with E-state index in [2.05, 4.69) is 5.32 Å². The van der Waals surface area contributed by atoms with Crippen molar-refractivity contribution in [3.05, 3.63) is 47.5 Å². The highest BCUT2D eigenvalue weighted by Gasteiger charge is 2.26. The molecular weight excluding hydrogens is 434 g/mol. The maximum Gasteiger partial charge on any atom is 0.345 e. The van der Waals surface area contributed by atoms with Crippen LogP contribution in [0.3, 0.4) is 0 Å². The summed E-state index contributed by atoms with van der Waals surface area (Å²) in [6.07, 6.45) is 0.929. The van der Waals surface area contributed by atoms with E-state index in [1.54, 1.807) is 24.3 Å². The summed E-state index contributed by atoms with van der Waals surface area (Å²) in [6, 6.07) is 9.53. The molecule has 9 nitrogen and oxygen atoms in total. The molecule has 0 radical (unpaired) electrons. The maximum absolute atomic E-state index is 13.2. The van der Waals surface area contributed by atoms with Crippen molar-refractivity contribution in [1.82, 2.24) is 4.31 Å². The molecule has 0 atom stereocenters. The van der Waals surface area contributed by atoms with Gasteiger partial charge in [0.15, 0.2) is 0 Å². The Morgan fingerprint density at radius 2 is 1.84 bits per heavy atom. The fourth-order valence-corrected chi connectivity index (χ4v) is 4.64. The van der Waals surface area contributed by atoms with Gasteiger partial charge in [-0.25, -0.2) is 17.5 Å². The monoisotopic (exact) mass is 459 g/mol. The number of carbonyl (C=O) groups excluding carboxylic acids is 2. The zero-order valence-corrected chi connectivity index (χ0v) is 18.8. The lowest BCUT2D eigenvalue weighted by atomic mass is 10.0. The lowest BCUT2D eigenvalue weighted by molar-refractivity contribution is -0.116. The summed E-state index contributed by atoms with van der Waals surface area (Å²) < 4.78 is 37.4. The third kappa shape index (κ3) is 4.47. The first-order valence-corrected chi connectivity index (χ1v) is 11.7. The number of ether oxygens (including phenoxy) is 2. The largest absolute Gasteiger partial charge is 0.423 e. The summed E-state index contributed by atoms with van der Waals surface area (Å²) in [5, 5.41) is 2.79. The first kappa shape index (κ1) is 22.3. The molecule has 4 rings (SSSR count). The van der Waals surface area contributed by atoms with Gasteiger partial charge in [-0.15, -0.1) is 0 Å². The van der Waals surface area contributed by atoms with Crippen LogP contribution in [0, 0.1) is 0 Å². The van der Waals surface area contributed by atoms with Gasteiger partial charge in [0, 0.05) is 39.3 Å². The van der Waals surface area contributed by atoms with Crippen LogP contribution < -0.4 is 15.0 Å². The van der Waals surface area contributed by atoms with Crippen LogP contribution in [0.1, 0.15) is 22.3 Å². The van der Waals surface area contributed by atoms with Crippen LogP contribution >= 0.6 is 0 Å². The molecule has 0 bridgehead atoms. The molecule has 0 aromatic heterocycles. The number of hydrogen-bond donors (Lipinski definition) is 1. The number of morpholine rings is 1. The minimum absolute atomic E-state index is 0.0135. The van der Waals surface area contributed by atoms with Crippen LogP contribution in [0.25, 0.3) is 0 Å². The Morgan fingerprint density at radius 3 is 2.56 bits per heavy atom. The van der Waals surface area contributed by atoms with Crippen molar-refractivity contribution in [2.75, 3.05) is 50.6 Å². The van der Waals surface area contributed by atoms with Crippen LogP contribution in [0.15, 0.2) is 41.3 Å². The summed E-state index contributed by atoms with van der Waals surface area (Å²) in [4.78, 5) is 26.7. The number of nitrogens with zero attached hydrogens (tertiary/aromatic N) is 2. The molecule has 1 fully saturated rings. The summed E-state index contributed by atoms with van der Waals surface area (Å²) in [5.41, 5.74) is 2.35. The molecule has 0 saturated carbocycles. The van der Waals surface area contributed by atoms with E-state index in [1.165, 1.54) is 26.2 Å².